The van der Waals surface area contributed by atoms with Crippen molar-refractivity contribution in [2.45, 2.75) is 82.4 Å². The molecule has 2 rings (SSSR count). The van der Waals surface area contributed by atoms with E-state index in [1.54, 1.807) is 0 Å². The summed E-state index contributed by atoms with van der Waals surface area (Å²) in [6, 6.07) is -0.127. The molecule has 4 atom stereocenters. The maximum atomic E-state index is 13.2. The molecule has 1 saturated heterocycles. The number of nitrogens with zero attached hydrogens (tertiary/aromatic N) is 1. The molecule has 1 aliphatic carbocycles. The Morgan fingerprint density at radius 3 is 2.48 bits per heavy atom. The molecule has 4 unspecified atom stereocenters. The first-order valence-electron chi connectivity index (χ1n) is 8.77. The van der Waals surface area contributed by atoms with Gasteiger partial charge in [-0.05, 0) is 50.9 Å². The summed E-state index contributed by atoms with van der Waals surface area (Å²) in [4.78, 5) is 16.8. The summed E-state index contributed by atoms with van der Waals surface area (Å²) in [5.41, 5.74) is -2.61. The fraction of sp³-hybridized carbons (Fsp3) is 0.882. The second kappa shape index (κ2) is 7.10. The van der Waals surface area contributed by atoms with E-state index in [1.165, 1.54) is 18.7 Å². The third kappa shape index (κ3) is 3.99. The van der Waals surface area contributed by atoms with E-state index in [0.29, 0.717) is 18.0 Å². The Hall–Kier alpha value is -0.760. The van der Waals surface area contributed by atoms with Gasteiger partial charge in [-0.15, -0.1) is 0 Å². The summed E-state index contributed by atoms with van der Waals surface area (Å²) in [5, 5.41) is 13.5. The van der Waals surface area contributed by atoms with Gasteiger partial charge in [0.2, 0.25) is 5.91 Å². The Labute approximate surface area is 151 Å². The van der Waals surface area contributed by atoms with Gasteiger partial charge in [0.15, 0.2) is 10.8 Å². The molecule has 2 aliphatic rings. The van der Waals surface area contributed by atoms with E-state index < -0.39 is 22.4 Å². The average Bonchev–Trinajstić information content (AvgIpc) is 2.77. The normalized spacial score (nSPS) is 39.4. The van der Waals surface area contributed by atoms with Crippen molar-refractivity contribution in [3.05, 3.63) is 0 Å². The number of rotatable bonds is 2. The Kier molecular flexibility index (Phi) is 5.84. The van der Waals surface area contributed by atoms with Crippen molar-refractivity contribution < 1.29 is 23.1 Å². The molecular formula is C17H27F3N2O2S. The van der Waals surface area contributed by atoms with E-state index in [0.717, 1.165) is 0 Å². The number of amides is 1. The minimum absolute atomic E-state index is 0.0723. The molecule has 2 N–H and O–H groups in total. The molecule has 1 heterocycles. The van der Waals surface area contributed by atoms with Crippen LogP contribution in [0.1, 0.15) is 59.8 Å². The molecule has 0 radical (unpaired) electrons. The molecule has 25 heavy (non-hydrogen) atoms. The molecule has 8 heteroatoms. The quantitative estimate of drug-likeness (QED) is 0.764. The maximum Gasteiger partial charge on any atom is 0.417 e. The number of nitrogens with one attached hydrogen (secondary N) is 1. The topological polar surface area (TPSA) is 61.7 Å². The molecule has 0 spiro atoms. The zero-order chi connectivity index (χ0) is 19.0. The summed E-state index contributed by atoms with van der Waals surface area (Å²) >= 11 is 1.40. The molecule has 4 nitrogen and oxygen atoms in total. The zero-order valence-corrected chi connectivity index (χ0v) is 15.9. The van der Waals surface area contributed by atoms with Gasteiger partial charge in [-0.1, -0.05) is 32.5 Å². The number of carbonyl (C=O) groups excluding carboxylic acids is 1. The summed E-state index contributed by atoms with van der Waals surface area (Å²) in [5.74, 6) is -0.802. The van der Waals surface area contributed by atoms with Crippen LogP contribution in [0.4, 0.5) is 13.2 Å². The highest BCUT2D eigenvalue weighted by molar-refractivity contribution is 8.16. The van der Waals surface area contributed by atoms with Crippen LogP contribution in [0.2, 0.25) is 0 Å². The maximum absolute atomic E-state index is 13.2. The molecule has 144 valence electrons. The fourth-order valence-corrected chi connectivity index (χ4v) is 4.45. The summed E-state index contributed by atoms with van der Waals surface area (Å²) in [6.45, 7) is 7.28. The van der Waals surface area contributed by atoms with Crippen LogP contribution in [0, 0.1) is 11.8 Å². The van der Waals surface area contributed by atoms with Gasteiger partial charge in [-0.2, -0.15) is 13.2 Å². The smallest absolute Gasteiger partial charge is 0.380 e. The highest BCUT2D eigenvalue weighted by atomic mass is 32.2. The van der Waals surface area contributed by atoms with Gasteiger partial charge in [0.1, 0.15) is 4.75 Å². The SMILES string of the molecule is CC(C)C1(C)SC(=NC2CCCC(O)(C(F)(F)F)C(C)CC2)NC1=O. The van der Waals surface area contributed by atoms with Crippen LogP contribution in [0.5, 0.6) is 0 Å². The van der Waals surface area contributed by atoms with Crippen LogP contribution in [0.3, 0.4) is 0 Å². The second-order valence-electron chi connectivity index (χ2n) is 7.70. The lowest BCUT2D eigenvalue weighted by molar-refractivity contribution is -0.282. The van der Waals surface area contributed by atoms with Gasteiger partial charge >= 0.3 is 6.18 Å². The minimum Gasteiger partial charge on any atom is -0.380 e. The first-order chi connectivity index (χ1) is 11.4. The van der Waals surface area contributed by atoms with E-state index in [9.17, 15) is 23.1 Å². The van der Waals surface area contributed by atoms with Crippen molar-refractivity contribution in [2.75, 3.05) is 0 Å². The highest BCUT2D eigenvalue weighted by Crippen LogP contribution is 2.44. The molecule has 1 aliphatic heterocycles. The number of alkyl halides is 3. The Balaban J connectivity index is 2.07. The number of amidine groups is 1. The molecule has 1 saturated carbocycles. The first-order valence-corrected chi connectivity index (χ1v) is 9.59. The van der Waals surface area contributed by atoms with Crippen molar-refractivity contribution in [3.63, 3.8) is 0 Å². The lowest BCUT2D eigenvalue weighted by Crippen LogP contribution is -2.51. The van der Waals surface area contributed by atoms with Gasteiger partial charge < -0.3 is 10.4 Å². The Morgan fingerprint density at radius 2 is 1.96 bits per heavy atom. The number of hydrogen-bond acceptors (Lipinski definition) is 4. The van der Waals surface area contributed by atoms with Crippen molar-refractivity contribution >= 4 is 22.8 Å². The van der Waals surface area contributed by atoms with Gasteiger partial charge in [0.25, 0.3) is 0 Å². The van der Waals surface area contributed by atoms with Gasteiger partial charge in [0, 0.05) is 0 Å². The van der Waals surface area contributed by atoms with Crippen molar-refractivity contribution in [1.29, 1.82) is 0 Å². The molecule has 0 aromatic rings. The van der Waals surface area contributed by atoms with E-state index >= 15 is 0 Å². The molecule has 1 amide bonds. The largest absolute Gasteiger partial charge is 0.417 e. The zero-order valence-electron chi connectivity index (χ0n) is 15.1. The summed E-state index contributed by atoms with van der Waals surface area (Å²) < 4.78 is 39.0. The Bertz CT molecular complexity index is 553. The predicted octanol–water partition coefficient (Wildman–Crippen LogP) is 3.88. The van der Waals surface area contributed by atoms with Crippen LogP contribution in [0.15, 0.2) is 4.99 Å². The average molecular weight is 380 g/mol. The first kappa shape index (κ1) is 20.6. The number of halogens is 3. The monoisotopic (exact) mass is 380 g/mol. The van der Waals surface area contributed by atoms with Crippen molar-refractivity contribution in [1.82, 2.24) is 5.32 Å². The predicted molar refractivity (Wildman–Crippen MR) is 93.5 cm³/mol. The van der Waals surface area contributed by atoms with E-state index in [-0.39, 0.29) is 37.1 Å². The molecule has 2 fully saturated rings. The number of hydrogen-bond donors (Lipinski definition) is 2. The van der Waals surface area contributed by atoms with Crippen molar-refractivity contribution in [3.8, 4) is 0 Å². The standard InChI is InChI=1S/C17H27F3N2O2S/c1-10(2)15(4)13(23)22-14(25-15)21-12-6-5-9-16(24,17(18,19)20)11(3)7-8-12/h10-12,24H,5-9H2,1-4H3,(H,21,22,23). The van der Waals surface area contributed by atoms with Crippen molar-refractivity contribution in [2.24, 2.45) is 16.8 Å². The number of aliphatic imine (C=N–C) groups is 1. The lowest BCUT2D eigenvalue weighted by atomic mass is 9.77. The van der Waals surface area contributed by atoms with E-state index in [1.807, 2.05) is 20.8 Å². The molecule has 0 bridgehead atoms. The summed E-state index contributed by atoms with van der Waals surface area (Å²) in [7, 11) is 0. The van der Waals surface area contributed by atoms with Crippen LogP contribution < -0.4 is 5.32 Å². The third-order valence-electron chi connectivity index (χ3n) is 5.72. The minimum atomic E-state index is -4.61. The summed E-state index contributed by atoms with van der Waals surface area (Å²) in [6.07, 6.45) is -3.47. The van der Waals surface area contributed by atoms with Gasteiger partial charge in [0.05, 0.1) is 6.04 Å². The lowest BCUT2D eigenvalue weighted by Gasteiger charge is -2.38. The fourth-order valence-electron chi connectivity index (χ4n) is 3.33. The number of carbonyl (C=O) groups is 1. The number of aliphatic hydroxyl groups is 1. The van der Waals surface area contributed by atoms with Gasteiger partial charge in [-0.3, -0.25) is 9.79 Å². The molecule has 0 aromatic heterocycles. The van der Waals surface area contributed by atoms with E-state index in [4.69, 9.17) is 0 Å². The van der Waals surface area contributed by atoms with Crippen LogP contribution >= 0.6 is 11.8 Å². The van der Waals surface area contributed by atoms with Crippen LogP contribution in [-0.2, 0) is 4.79 Å². The van der Waals surface area contributed by atoms with E-state index in [2.05, 4.69) is 10.3 Å². The molecular weight excluding hydrogens is 353 g/mol. The number of thioether (sulfide) groups is 1. The van der Waals surface area contributed by atoms with Crippen LogP contribution in [-0.4, -0.2) is 38.7 Å². The molecule has 0 aromatic carbocycles. The second-order valence-corrected chi connectivity index (χ2v) is 9.14. The van der Waals surface area contributed by atoms with Crippen LogP contribution in [0.25, 0.3) is 0 Å². The third-order valence-corrected chi connectivity index (χ3v) is 7.20. The highest BCUT2D eigenvalue weighted by Gasteiger charge is 2.56. The Morgan fingerprint density at radius 1 is 1.32 bits per heavy atom. The van der Waals surface area contributed by atoms with Gasteiger partial charge in [-0.25, -0.2) is 0 Å².